The van der Waals surface area contributed by atoms with Crippen LogP contribution in [0, 0.1) is 21.8 Å². The molecule has 1 fully saturated rings. The first-order chi connectivity index (χ1) is 9.49. The Morgan fingerprint density at radius 3 is 2.95 bits per heavy atom. The van der Waals surface area contributed by atoms with Gasteiger partial charge < -0.3 is 5.73 Å². The molecule has 1 amide bonds. The molecule has 1 aromatic rings. The molecule has 1 unspecified atom stereocenters. The van der Waals surface area contributed by atoms with Crippen molar-refractivity contribution in [3.05, 3.63) is 39.7 Å². The van der Waals surface area contributed by atoms with Gasteiger partial charge in [0, 0.05) is 24.7 Å². The highest BCUT2D eigenvalue weighted by Crippen LogP contribution is 2.23. The summed E-state index contributed by atoms with van der Waals surface area (Å²) in [5, 5.41) is 10.7. The Morgan fingerprint density at radius 2 is 2.30 bits per heavy atom. The largest absolute Gasteiger partial charge is 0.369 e. The number of piperidine rings is 1. The minimum absolute atomic E-state index is 0.231. The van der Waals surface area contributed by atoms with E-state index in [1.54, 1.807) is 0 Å². The normalized spacial score (nSPS) is 19.8. The highest BCUT2D eigenvalue weighted by molar-refractivity contribution is 5.76. The van der Waals surface area contributed by atoms with Gasteiger partial charge >= 0.3 is 5.69 Å². The number of primary amides is 1. The van der Waals surface area contributed by atoms with Crippen LogP contribution in [-0.4, -0.2) is 28.8 Å². The predicted molar refractivity (Wildman–Crippen MR) is 70.2 cm³/mol. The molecule has 0 bridgehead atoms. The molecule has 1 aliphatic heterocycles. The Kier molecular flexibility index (Phi) is 4.29. The van der Waals surface area contributed by atoms with Crippen molar-refractivity contribution in [2.75, 3.05) is 13.1 Å². The van der Waals surface area contributed by atoms with E-state index >= 15 is 0 Å². The van der Waals surface area contributed by atoms with Gasteiger partial charge in [0.1, 0.15) is 0 Å². The van der Waals surface area contributed by atoms with Gasteiger partial charge in [0.05, 0.1) is 10.8 Å². The summed E-state index contributed by atoms with van der Waals surface area (Å²) in [5.74, 6) is -1.39. The molecule has 108 valence electrons. The monoisotopic (exact) mass is 281 g/mol. The number of benzene rings is 1. The molecule has 0 saturated carbocycles. The van der Waals surface area contributed by atoms with Crippen molar-refractivity contribution in [1.29, 1.82) is 0 Å². The Labute approximate surface area is 115 Å². The maximum atomic E-state index is 14.0. The first-order valence-electron chi connectivity index (χ1n) is 6.42. The topological polar surface area (TPSA) is 89.5 Å². The molecule has 1 aliphatic rings. The highest BCUT2D eigenvalue weighted by atomic mass is 19.1. The Hall–Kier alpha value is -2.02. The molecule has 0 spiro atoms. The number of amides is 1. The molecule has 1 heterocycles. The molecule has 2 N–H and O–H groups in total. The van der Waals surface area contributed by atoms with Crippen LogP contribution in [-0.2, 0) is 11.3 Å². The van der Waals surface area contributed by atoms with Crippen LogP contribution in [0.2, 0.25) is 0 Å². The summed E-state index contributed by atoms with van der Waals surface area (Å²) in [7, 11) is 0. The van der Waals surface area contributed by atoms with Crippen LogP contribution < -0.4 is 5.73 Å². The van der Waals surface area contributed by atoms with E-state index in [1.807, 2.05) is 4.90 Å². The SMILES string of the molecule is NC(=O)C1CCCN(Cc2cccc([N+](=O)[O-])c2F)C1. The van der Waals surface area contributed by atoms with Crippen LogP contribution in [0.5, 0.6) is 0 Å². The van der Waals surface area contributed by atoms with Gasteiger partial charge in [-0.25, -0.2) is 0 Å². The van der Waals surface area contributed by atoms with Gasteiger partial charge in [-0.05, 0) is 19.4 Å². The summed E-state index contributed by atoms with van der Waals surface area (Å²) in [6.45, 7) is 1.45. The van der Waals surface area contributed by atoms with Gasteiger partial charge in [0.25, 0.3) is 0 Å². The number of rotatable bonds is 4. The first-order valence-corrected chi connectivity index (χ1v) is 6.42. The van der Waals surface area contributed by atoms with Gasteiger partial charge in [-0.15, -0.1) is 0 Å². The predicted octanol–water partition coefficient (Wildman–Crippen LogP) is 1.43. The van der Waals surface area contributed by atoms with Crippen molar-refractivity contribution in [1.82, 2.24) is 4.90 Å². The van der Waals surface area contributed by atoms with Gasteiger partial charge in [-0.1, -0.05) is 12.1 Å². The van der Waals surface area contributed by atoms with Crippen LogP contribution >= 0.6 is 0 Å². The van der Waals surface area contributed by atoms with Crippen LogP contribution in [0.4, 0.5) is 10.1 Å². The second-order valence-electron chi connectivity index (χ2n) is 4.98. The molecule has 1 atom stereocenters. The zero-order chi connectivity index (χ0) is 14.7. The van der Waals surface area contributed by atoms with Crippen LogP contribution in [0.3, 0.4) is 0 Å². The number of nitro groups is 1. The molecule has 0 radical (unpaired) electrons. The quantitative estimate of drug-likeness (QED) is 0.667. The summed E-state index contributed by atoms with van der Waals surface area (Å²) in [6, 6.07) is 4.13. The molecule has 20 heavy (non-hydrogen) atoms. The molecule has 0 aromatic heterocycles. The van der Waals surface area contributed by atoms with E-state index in [2.05, 4.69) is 0 Å². The lowest BCUT2D eigenvalue weighted by Crippen LogP contribution is -2.40. The summed E-state index contributed by atoms with van der Waals surface area (Å²) in [5.41, 5.74) is 5.03. The molecule has 2 rings (SSSR count). The average molecular weight is 281 g/mol. The zero-order valence-corrected chi connectivity index (χ0v) is 10.9. The van der Waals surface area contributed by atoms with E-state index in [0.717, 1.165) is 25.5 Å². The third kappa shape index (κ3) is 3.11. The summed E-state index contributed by atoms with van der Waals surface area (Å²) < 4.78 is 14.0. The lowest BCUT2D eigenvalue weighted by atomic mass is 9.97. The van der Waals surface area contributed by atoms with E-state index in [4.69, 9.17) is 5.73 Å². The van der Waals surface area contributed by atoms with Crippen molar-refractivity contribution in [3.63, 3.8) is 0 Å². The van der Waals surface area contributed by atoms with Crippen molar-refractivity contribution in [3.8, 4) is 0 Å². The van der Waals surface area contributed by atoms with Gasteiger partial charge in [0.15, 0.2) is 0 Å². The molecular weight excluding hydrogens is 265 g/mol. The molecule has 1 saturated heterocycles. The van der Waals surface area contributed by atoms with Gasteiger partial charge in [-0.3, -0.25) is 19.8 Å². The fourth-order valence-corrected chi connectivity index (χ4v) is 2.50. The number of carbonyl (C=O) groups is 1. The van der Waals surface area contributed by atoms with Crippen LogP contribution in [0.1, 0.15) is 18.4 Å². The lowest BCUT2D eigenvalue weighted by molar-refractivity contribution is -0.387. The number of carbonyl (C=O) groups excluding carboxylic acids is 1. The van der Waals surface area contributed by atoms with E-state index in [1.165, 1.54) is 12.1 Å². The Bertz CT molecular complexity index is 536. The fourth-order valence-electron chi connectivity index (χ4n) is 2.50. The van der Waals surface area contributed by atoms with E-state index in [-0.39, 0.29) is 23.9 Å². The molecule has 1 aromatic carbocycles. The number of likely N-dealkylation sites (tertiary alicyclic amines) is 1. The van der Waals surface area contributed by atoms with Crippen molar-refractivity contribution < 1.29 is 14.1 Å². The number of halogens is 1. The second-order valence-corrected chi connectivity index (χ2v) is 4.98. The molecular formula is C13H16FN3O3. The maximum Gasteiger partial charge on any atom is 0.305 e. The summed E-state index contributed by atoms with van der Waals surface area (Å²) in [6.07, 6.45) is 1.55. The number of hydrogen-bond donors (Lipinski definition) is 1. The van der Waals surface area contributed by atoms with E-state index in [9.17, 15) is 19.3 Å². The summed E-state index contributed by atoms with van der Waals surface area (Å²) >= 11 is 0. The zero-order valence-electron chi connectivity index (χ0n) is 10.9. The smallest absolute Gasteiger partial charge is 0.305 e. The number of nitrogens with two attached hydrogens (primary N) is 1. The van der Waals surface area contributed by atoms with Gasteiger partial charge in [-0.2, -0.15) is 4.39 Å². The first kappa shape index (κ1) is 14.4. The fraction of sp³-hybridized carbons (Fsp3) is 0.462. The van der Waals surface area contributed by atoms with Crippen molar-refractivity contribution >= 4 is 11.6 Å². The number of nitro benzene ring substituents is 1. The third-order valence-electron chi connectivity index (χ3n) is 3.56. The molecule has 0 aliphatic carbocycles. The van der Waals surface area contributed by atoms with Crippen molar-refractivity contribution in [2.24, 2.45) is 11.7 Å². The lowest BCUT2D eigenvalue weighted by Gasteiger charge is -2.31. The number of hydrogen-bond acceptors (Lipinski definition) is 4. The van der Waals surface area contributed by atoms with E-state index in [0.29, 0.717) is 6.54 Å². The Morgan fingerprint density at radius 1 is 1.55 bits per heavy atom. The standard InChI is InChI=1S/C13H16FN3O3/c14-12-9(3-1-5-11(12)17(19)20)7-16-6-2-4-10(8-16)13(15)18/h1,3,5,10H,2,4,6-8H2,(H2,15,18). The van der Waals surface area contributed by atoms with Gasteiger partial charge in [0.2, 0.25) is 11.7 Å². The van der Waals surface area contributed by atoms with Crippen molar-refractivity contribution in [2.45, 2.75) is 19.4 Å². The third-order valence-corrected chi connectivity index (χ3v) is 3.56. The average Bonchev–Trinajstić information content (AvgIpc) is 2.41. The minimum atomic E-state index is -0.807. The van der Waals surface area contributed by atoms with E-state index < -0.39 is 16.4 Å². The number of nitrogens with zero attached hydrogens (tertiary/aromatic N) is 2. The van der Waals surface area contributed by atoms with Crippen LogP contribution in [0.25, 0.3) is 0 Å². The van der Waals surface area contributed by atoms with Crippen LogP contribution in [0.15, 0.2) is 18.2 Å². The second kappa shape index (κ2) is 5.96. The highest BCUT2D eigenvalue weighted by Gasteiger charge is 2.25. The molecule has 7 heteroatoms. The summed E-state index contributed by atoms with van der Waals surface area (Å²) in [4.78, 5) is 23.1. The maximum absolute atomic E-state index is 14.0. The Balaban J connectivity index is 2.12. The molecule has 6 nitrogen and oxygen atoms in total. The minimum Gasteiger partial charge on any atom is -0.369 e.